The zero-order valence-corrected chi connectivity index (χ0v) is 13.4. The summed E-state index contributed by atoms with van der Waals surface area (Å²) in [6.45, 7) is -1.57. The highest BCUT2D eigenvalue weighted by Gasteiger charge is 2.29. The zero-order valence-electron chi connectivity index (χ0n) is 12.5. The second kappa shape index (κ2) is 9.11. The van der Waals surface area contributed by atoms with E-state index in [9.17, 15) is 32.9 Å². The van der Waals surface area contributed by atoms with Crippen molar-refractivity contribution in [3.05, 3.63) is 33.9 Å². The predicted octanol–water partition coefficient (Wildman–Crippen LogP) is 2.08. The van der Waals surface area contributed by atoms with Gasteiger partial charge in [-0.1, -0.05) is 0 Å². The smallest absolute Gasteiger partial charge is 0.422 e. The third-order valence-electron chi connectivity index (χ3n) is 2.57. The van der Waals surface area contributed by atoms with E-state index in [0.29, 0.717) is 0 Å². The van der Waals surface area contributed by atoms with Gasteiger partial charge in [0.2, 0.25) is 0 Å². The maximum atomic E-state index is 12.1. The fourth-order valence-corrected chi connectivity index (χ4v) is 2.17. The number of amides is 1. The molecule has 1 rings (SSSR count). The van der Waals surface area contributed by atoms with Crippen LogP contribution >= 0.6 is 11.8 Å². The summed E-state index contributed by atoms with van der Waals surface area (Å²) in [4.78, 5) is 32.4. The minimum Gasteiger partial charge on any atom is -0.484 e. The van der Waals surface area contributed by atoms with Crippen LogP contribution in [0.1, 0.15) is 10.4 Å². The SMILES string of the molecule is O=C(O)CSCCNC(=O)c1cc(OCC(F)(F)F)ccc1[N+](=O)[O-]. The summed E-state index contributed by atoms with van der Waals surface area (Å²) in [5.74, 6) is -2.16. The molecule has 0 spiro atoms. The predicted molar refractivity (Wildman–Crippen MR) is 81.9 cm³/mol. The van der Waals surface area contributed by atoms with Crippen molar-refractivity contribution in [1.82, 2.24) is 5.32 Å². The molecule has 25 heavy (non-hydrogen) atoms. The first-order valence-electron chi connectivity index (χ1n) is 6.66. The Hall–Kier alpha value is -2.50. The number of benzene rings is 1. The van der Waals surface area contributed by atoms with Gasteiger partial charge in [0.05, 0.1) is 10.7 Å². The van der Waals surface area contributed by atoms with Crippen molar-refractivity contribution in [3.63, 3.8) is 0 Å². The molecule has 1 amide bonds. The normalized spacial score (nSPS) is 11.0. The van der Waals surface area contributed by atoms with Crippen LogP contribution < -0.4 is 10.1 Å². The lowest BCUT2D eigenvalue weighted by atomic mass is 10.1. The highest BCUT2D eigenvalue weighted by Crippen LogP contribution is 2.25. The fourth-order valence-electron chi connectivity index (χ4n) is 1.60. The average Bonchev–Trinajstić information content (AvgIpc) is 2.51. The van der Waals surface area contributed by atoms with Gasteiger partial charge in [0, 0.05) is 18.4 Å². The van der Waals surface area contributed by atoms with Gasteiger partial charge >= 0.3 is 12.1 Å². The van der Waals surface area contributed by atoms with Crippen molar-refractivity contribution >= 4 is 29.3 Å². The van der Waals surface area contributed by atoms with Crippen LogP contribution in [0.2, 0.25) is 0 Å². The molecule has 0 bridgehead atoms. The number of hydrogen-bond donors (Lipinski definition) is 2. The van der Waals surface area contributed by atoms with Crippen molar-refractivity contribution in [2.75, 3.05) is 24.7 Å². The number of thioether (sulfide) groups is 1. The van der Waals surface area contributed by atoms with Gasteiger partial charge in [-0.15, -0.1) is 11.8 Å². The summed E-state index contributed by atoms with van der Waals surface area (Å²) in [5.41, 5.74) is -1.04. The molecule has 0 saturated heterocycles. The monoisotopic (exact) mass is 382 g/mol. The number of aliphatic carboxylic acids is 1. The van der Waals surface area contributed by atoms with Crippen molar-refractivity contribution in [3.8, 4) is 5.75 Å². The third-order valence-corrected chi connectivity index (χ3v) is 3.51. The van der Waals surface area contributed by atoms with Gasteiger partial charge in [-0.2, -0.15) is 13.2 Å². The molecule has 0 radical (unpaired) electrons. The third kappa shape index (κ3) is 7.74. The Morgan fingerprint density at radius 1 is 1.36 bits per heavy atom. The number of carbonyl (C=O) groups excluding carboxylic acids is 1. The second-order valence-corrected chi connectivity index (χ2v) is 5.65. The van der Waals surface area contributed by atoms with E-state index in [1.54, 1.807) is 0 Å². The summed E-state index contributed by atoms with van der Waals surface area (Å²) < 4.78 is 40.9. The molecule has 1 aromatic carbocycles. The van der Waals surface area contributed by atoms with E-state index in [1.807, 2.05) is 0 Å². The van der Waals surface area contributed by atoms with Gasteiger partial charge in [0.1, 0.15) is 11.3 Å². The number of nitrogens with zero attached hydrogens (tertiary/aromatic N) is 1. The molecule has 0 aliphatic heterocycles. The number of hydrogen-bond acceptors (Lipinski definition) is 6. The Labute approximate surface area is 143 Å². The zero-order chi connectivity index (χ0) is 19.0. The summed E-state index contributed by atoms with van der Waals surface area (Å²) in [6, 6.07) is 2.69. The molecule has 0 aliphatic carbocycles. The highest BCUT2D eigenvalue weighted by atomic mass is 32.2. The Kier molecular flexibility index (Phi) is 7.48. The maximum absolute atomic E-state index is 12.1. The van der Waals surface area contributed by atoms with E-state index in [0.717, 1.165) is 30.0 Å². The number of rotatable bonds is 9. The van der Waals surface area contributed by atoms with Crippen LogP contribution in [0, 0.1) is 10.1 Å². The molecule has 0 atom stereocenters. The molecule has 1 aromatic rings. The number of nitrogens with one attached hydrogen (secondary N) is 1. The number of nitro benzene ring substituents is 1. The summed E-state index contributed by atoms with van der Waals surface area (Å²) in [6.07, 6.45) is -4.59. The van der Waals surface area contributed by atoms with Crippen molar-refractivity contribution < 1.29 is 37.5 Å². The molecule has 0 aliphatic rings. The second-order valence-electron chi connectivity index (χ2n) is 4.54. The maximum Gasteiger partial charge on any atom is 0.422 e. The van der Waals surface area contributed by atoms with Crippen LogP contribution in [0.3, 0.4) is 0 Å². The molecular formula is C13H13F3N2O6S. The number of carboxylic acid groups (broad SMARTS) is 1. The highest BCUT2D eigenvalue weighted by molar-refractivity contribution is 7.99. The number of halogens is 3. The molecule has 2 N–H and O–H groups in total. The van der Waals surface area contributed by atoms with Gasteiger partial charge in [-0.25, -0.2) is 0 Å². The van der Waals surface area contributed by atoms with Crippen molar-refractivity contribution in [2.24, 2.45) is 0 Å². The number of ether oxygens (including phenoxy) is 1. The van der Waals surface area contributed by atoms with Gasteiger partial charge in [-0.05, 0) is 12.1 Å². The van der Waals surface area contributed by atoms with Crippen LogP contribution in [0.25, 0.3) is 0 Å². The fraction of sp³-hybridized carbons (Fsp3) is 0.385. The standard InChI is InChI=1S/C13H13F3N2O6S/c14-13(15,16)7-24-8-1-2-10(18(22)23)9(5-8)12(21)17-3-4-25-6-11(19)20/h1-2,5H,3-4,6-7H2,(H,17,21)(H,19,20). The molecule has 0 fully saturated rings. The average molecular weight is 382 g/mol. The summed E-state index contributed by atoms with van der Waals surface area (Å²) in [5, 5.41) is 21.7. The molecule has 0 heterocycles. The lowest BCUT2D eigenvalue weighted by molar-refractivity contribution is -0.385. The minimum absolute atomic E-state index is 0.0293. The van der Waals surface area contributed by atoms with E-state index in [4.69, 9.17) is 5.11 Å². The quantitative estimate of drug-likeness (QED) is 0.381. The van der Waals surface area contributed by atoms with Crippen LogP contribution in [-0.2, 0) is 4.79 Å². The molecule has 0 saturated carbocycles. The van der Waals surface area contributed by atoms with E-state index in [-0.39, 0.29) is 23.8 Å². The topological polar surface area (TPSA) is 119 Å². The molecule has 138 valence electrons. The van der Waals surface area contributed by atoms with E-state index < -0.39 is 40.8 Å². The Bertz CT molecular complexity index is 653. The first-order chi connectivity index (χ1) is 11.6. The van der Waals surface area contributed by atoms with Crippen molar-refractivity contribution in [2.45, 2.75) is 6.18 Å². The van der Waals surface area contributed by atoms with Crippen LogP contribution in [0.15, 0.2) is 18.2 Å². The van der Waals surface area contributed by atoms with Crippen molar-refractivity contribution in [1.29, 1.82) is 0 Å². The lowest BCUT2D eigenvalue weighted by Crippen LogP contribution is -2.27. The molecule has 0 aromatic heterocycles. The Balaban J connectivity index is 2.77. The Morgan fingerprint density at radius 2 is 2.04 bits per heavy atom. The lowest BCUT2D eigenvalue weighted by Gasteiger charge is -2.11. The van der Waals surface area contributed by atoms with Gasteiger partial charge in [-0.3, -0.25) is 19.7 Å². The molecular weight excluding hydrogens is 369 g/mol. The number of nitro groups is 1. The van der Waals surface area contributed by atoms with E-state index >= 15 is 0 Å². The summed E-state index contributed by atoms with van der Waals surface area (Å²) in [7, 11) is 0. The molecule has 12 heteroatoms. The van der Waals surface area contributed by atoms with Gasteiger partial charge < -0.3 is 15.2 Å². The summed E-state index contributed by atoms with van der Waals surface area (Å²) >= 11 is 1.03. The molecule has 8 nitrogen and oxygen atoms in total. The van der Waals surface area contributed by atoms with Gasteiger partial charge in [0.25, 0.3) is 11.6 Å². The Morgan fingerprint density at radius 3 is 2.60 bits per heavy atom. The molecule has 0 unspecified atom stereocenters. The largest absolute Gasteiger partial charge is 0.484 e. The first kappa shape index (κ1) is 20.5. The number of carboxylic acids is 1. The minimum atomic E-state index is -4.59. The van der Waals surface area contributed by atoms with Crippen LogP contribution in [-0.4, -0.2) is 52.7 Å². The van der Waals surface area contributed by atoms with E-state index in [2.05, 4.69) is 10.1 Å². The first-order valence-corrected chi connectivity index (χ1v) is 7.81. The van der Waals surface area contributed by atoms with Gasteiger partial charge in [0.15, 0.2) is 6.61 Å². The van der Waals surface area contributed by atoms with Crippen LogP contribution in [0.4, 0.5) is 18.9 Å². The number of alkyl halides is 3. The van der Waals surface area contributed by atoms with Crippen LogP contribution in [0.5, 0.6) is 5.75 Å². The van der Waals surface area contributed by atoms with E-state index in [1.165, 1.54) is 0 Å². The number of carbonyl (C=O) groups is 2.